The zero-order chi connectivity index (χ0) is 21.3. The molecule has 0 radical (unpaired) electrons. The van der Waals surface area contributed by atoms with E-state index in [9.17, 15) is 15.0 Å². The number of nitrogens with two attached hydrogens (primary N) is 2. The van der Waals surface area contributed by atoms with Crippen molar-refractivity contribution in [3.63, 3.8) is 0 Å². The van der Waals surface area contributed by atoms with E-state index in [0.717, 1.165) is 0 Å². The van der Waals surface area contributed by atoms with Gasteiger partial charge in [-0.3, -0.25) is 9.55 Å². The zero-order valence-electron chi connectivity index (χ0n) is 15.7. The minimum atomic E-state index is -1.14. The van der Waals surface area contributed by atoms with Gasteiger partial charge in [-0.1, -0.05) is 0 Å². The van der Waals surface area contributed by atoms with Crippen LogP contribution in [0.2, 0.25) is 0 Å². The topological polar surface area (TPSA) is 203 Å². The molecule has 0 amide bonds. The van der Waals surface area contributed by atoms with Crippen molar-refractivity contribution in [3.8, 4) is 0 Å². The maximum absolute atomic E-state index is 11.1. The van der Waals surface area contributed by atoms with E-state index in [4.69, 9.17) is 16.2 Å². The second-order valence-corrected chi connectivity index (χ2v) is 7.80. The molecule has 1 fully saturated rings. The molecular formula is C16H21N9O4S. The number of nitrogens with zero attached hydrogens (tertiary/aromatic N) is 5. The highest BCUT2D eigenvalue weighted by Crippen LogP contribution is 2.33. The van der Waals surface area contributed by atoms with Crippen LogP contribution in [0.25, 0.3) is 11.2 Å². The van der Waals surface area contributed by atoms with E-state index in [0.29, 0.717) is 34.9 Å². The molecule has 3 aromatic rings. The highest BCUT2D eigenvalue weighted by molar-refractivity contribution is 7.99. The lowest BCUT2D eigenvalue weighted by atomic mass is 10.1. The van der Waals surface area contributed by atoms with Crippen molar-refractivity contribution in [2.45, 2.75) is 24.5 Å². The summed E-state index contributed by atoms with van der Waals surface area (Å²) in [6.07, 6.45) is 0.508. The van der Waals surface area contributed by atoms with Gasteiger partial charge < -0.3 is 31.7 Å². The molecule has 1 saturated heterocycles. The number of aliphatic hydroxyl groups excluding tert-OH is 2. The van der Waals surface area contributed by atoms with Gasteiger partial charge in [0, 0.05) is 18.1 Å². The van der Waals surface area contributed by atoms with Gasteiger partial charge in [0.05, 0.1) is 24.3 Å². The van der Waals surface area contributed by atoms with E-state index in [1.165, 1.54) is 30.6 Å². The first-order valence-corrected chi connectivity index (χ1v) is 10.2. The van der Waals surface area contributed by atoms with Crippen molar-refractivity contribution >= 4 is 40.2 Å². The quantitative estimate of drug-likeness (QED) is 0.236. The number of nitrogen functional groups attached to an aromatic ring is 2. The molecule has 0 aromatic carbocycles. The number of imidazole rings is 1. The number of H-pyrrole nitrogens is 1. The number of hydrogen-bond donors (Lipinski definition) is 6. The highest BCUT2D eigenvalue weighted by Gasteiger charge is 2.44. The number of aliphatic hydroxyl groups is 2. The van der Waals surface area contributed by atoms with Crippen LogP contribution >= 0.6 is 11.8 Å². The molecule has 3 aromatic heterocycles. The van der Waals surface area contributed by atoms with Crippen LogP contribution in [-0.4, -0.2) is 76.1 Å². The van der Waals surface area contributed by atoms with E-state index in [2.05, 4.69) is 30.2 Å². The number of thioether (sulfide) groups is 1. The Morgan fingerprint density at radius 1 is 1.23 bits per heavy atom. The minimum Gasteiger partial charge on any atom is -0.387 e. The average Bonchev–Trinajstić information content (AvgIpc) is 3.26. The molecule has 0 bridgehead atoms. The molecule has 4 atom stereocenters. The summed E-state index contributed by atoms with van der Waals surface area (Å²) in [6, 6.07) is 0. The zero-order valence-corrected chi connectivity index (χ0v) is 16.5. The Bertz CT molecular complexity index is 1090. The standard InChI is InChI=1S/C16H21N9O4S/c17-12-7(3-20-16(28)24-12)19-1-2-30-4-8-10(26)11(27)15(29-8)25-6-23-9-13(18)21-5-22-14(9)25/h3,5-6,8,10-11,15,19,26-27H,1-2,4H2,(H2,18,21,22)(H3,17,20,24,28)/t8-,10+,11-,15-/m1/s1. The molecule has 0 unspecified atom stereocenters. The molecule has 8 N–H and O–H groups in total. The largest absolute Gasteiger partial charge is 0.387 e. The Morgan fingerprint density at radius 2 is 2.07 bits per heavy atom. The maximum Gasteiger partial charge on any atom is 0.346 e. The van der Waals surface area contributed by atoms with Crippen LogP contribution in [0.4, 0.5) is 17.3 Å². The minimum absolute atomic E-state index is 0.220. The molecule has 13 nitrogen and oxygen atoms in total. The summed E-state index contributed by atoms with van der Waals surface area (Å²) in [5.74, 6) is 1.57. The van der Waals surface area contributed by atoms with E-state index >= 15 is 0 Å². The normalized spacial score (nSPS) is 23.8. The molecule has 1 aliphatic heterocycles. The summed E-state index contributed by atoms with van der Waals surface area (Å²) in [5.41, 5.74) is 12.4. The Morgan fingerprint density at radius 3 is 2.87 bits per heavy atom. The summed E-state index contributed by atoms with van der Waals surface area (Å²) < 4.78 is 7.43. The first-order valence-electron chi connectivity index (χ1n) is 9.06. The van der Waals surface area contributed by atoms with E-state index in [1.807, 2.05) is 0 Å². The van der Waals surface area contributed by atoms with Crippen LogP contribution in [0.5, 0.6) is 0 Å². The van der Waals surface area contributed by atoms with Crippen LogP contribution in [0.1, 0.15) is 6.23 Å². The Kier molecular flexibility index (Phi) is 5.72. The fraction of sp³-hybridized carbons (Fsp3) is 0.438. The Hall–Kier alpha value is -2.94. The predicted octanol–water partition coefficient (Wildman–Crippen LogP) is -1.46. The highest BCUT2D eigenvalue weighted by atomic mass is 32.2. The third kappa shape index (κ3) is 3.89. The molecule has 160 valence electrons. The van der Waals surface area contributed by atoms with Gasteiger partial charge in [0.25, 0.3) is 0 Å². The van der Waals surface area contributed by atoms with Gasteiger partial charge in [-0.25, -0.2) is 19.7 Å². The van der Waals surface area contributed by atoms with Gasteiger partial charge >= 0.3 is 5.69 Å². The average molecular weight is 435 g/mol. The van der Waals surface area contributed by atoms with Gasteiger partial charge in [0.15, 0.2) is 17.7 Å². The molecule has 0 saturated carbocycles. The number of anilines is 3. The van der Waals surface area contributed by atoms with Crippen molar-refractivity contribution < 1.29 is 14.9 Å². The second-order valence-electron chi connectivity index (χ2n) is 6.65. The number of hydrogen-bond acceptors (Lipinski definition) is 12. The third-order valence-corrected chi connectivity index (χ3v) is 5.74. The van der Waals surface area contributed by atoms with Crippen molar-refractivity contribution in [1.82, 2.24) is 29.5 Å². The van der Waals surface area contributed by atoms with Gasteiger partial charge in [-0.05, 0) is 0 Å². The SMILES string of the molecule is Nc1[nH]c(=O)ncc1NCCSC[C@H]1O[C@@H](n2cnc3c(N)ncnc32)[C@H](O)[C@H]1O. The summed E-state index contributed by atoms with van der Waals surface area (Å²) in [7, 11) is 0. The lowest BCUT2D eigenvalue weighted by molar-refractivity contribution is -0.0288. The number of nitrogens with one attached hydrogen (secondary N) is 2. The van der Waals surface area contributed by atoms with Crippen LogP contribution in [0.3, 0.4) is 0 Å². The molecule has 4 rings (SSSR count). The molecule has 14 heteroatoms. The molecule has 4 heterocycles. The number of aromatic nitrogens is 6. The van der Waals surface area contributed by atoms with Gasteiger partial charge in [-0.2, -0.15) is 16.7 Å². The molecule has 1 aliphatic rings. The third-order valence-electron chi connectivity index (χ3n) is 4.69. The summed E-state index contributed by atoms with van der Waals surface area (Å²) >= 11 is 1.53. The molecular weight excluding hydrogens is 414 g/mol. The number of ether oxygens (including phenoxy) is 1. The van der Waals surface area contributed by atoms with Crippen LogP contribution in [-0.2, 0) is 4.74 Å². The molecule has 0 spiro atoms. The smallest absolute Gasteiger partial charge is 0.346 e. The molecule has 0 aliphatic carbocycles. The lowest BCUT2D eigenvalue weighted by Crippen LogP contribution is -2.32. The van der Waals surface area contributed by atoms with Crippen molar-refractivity contribution in [1.29, 1.82) is 0 Å². The second kappa shape index (κ2) is 8.43. The van der Waals surface area contributed by atoms with Crippen molar-refractivity contribution in [2.24, 2.45) is 0 Å². The Balaban J connectivity index is 1.32. The summed E-state index contributed by atoms with van der Waals surface area (Å²) in [5, 5.41) is 23.9. The van der Waals surface area contributed by atoms with Gasteiger partial charge in [-0.15, -0.1) is 0 Å². The fourth-order valence-corrected chi connectivity index (χ4v) is 4.08. The maximum atomic E-state index is 11.1. The van der Waals surface area contributed by atoms with Crippen molar-refractivity contribution in [3.05, 3.63) is 29.3 Å². The van der Waals surface area contributed by atoms with Crippen LogP contribution in [0.15, 0.2) is 23.6 Å². The molecule has 30 heavy (non-hydrogen) atoms. The van der Waals surface area contributed by atoms with E-state index < -0.39 is 30.2 Å². The predicted molar refractivity (Wildman–Crippen MR) is 111 cm³/mol. The Labute approximate surface area is 173 Å². The van der Waals surface area contributed by atoms with E-state index in [1.54, 1.807) is 4.57 Å². The number of rotatable bonds is 7. The first kappa shape index (κ1) is 20.3. The first-order chi connectivity index (χ1) is 14.5. The number of fused-ring (bicyclic) bond motifs is 1. The van der Waals surface area contributed by atoms with Gasteiger partial charge in [0.2, 0.25) is 0 Å². The summed E-state index contributed by atoms with van der Waals surface area (Å²) in [6.45, 7) is 0.555. The van der Waals surface area contributed by atoms with Gasteiger partial charge in [0.1, 0.15) is 29.9 Å². The van der Waals surface area contributed by atoms with Crippen molar-refractivity contribution in [2.75, 3.05) is 34.8 Å². The monoisotopic (exact) mass is 435 g/mol. The van der Waals surface area contributed by atoms with E-state index in [-0.39, 0.29) is 11.6 Å². The fourth-order valence-electron chi connectivity index (χ4n) is 3.16. The number of aromatic amines is 1. The summed E-state index contributed by atoms with van der Waals surface area (Å²) in [4.78, 5) is 29.3. The van der Waals surface area contributed by atoms with Crippen LogP contribution < -0.4 is 22.5 Å². The lowest BCUT2D eigenvalue weighted by Gasteiger charge is -2.16. The van der Waals surface area contributed by atoms with Crippen LogP contribution in [0, 0.1) is 0 Å².